The Morgan fingerprint density at radius 2 is 2.06 bits per heavy atom. The van der Waals surface area contributed by atoms with Crippen molar-refractivity contribution in [2.75, 3.05) is 5.75 Å². The van der Waals surface area contributed by atoms with Crippen LogP contribution in [0.2, 0.25) is 5.02 Å². The molecular weight excluding hydrogens is 238 g/mol. The van der Waals surface area contributed by atoms with Crippen LogP contribution in [0, 0.1) is 0 Å². The third-order valence-corrected chi connectivity index (χ3v) is 4.81. The van der Waals surface area contributed by atoms with Crippen LogP contribution in [0.3, 0.4) is 0 Å². The minimum atomic E-state index is 0.459. The van der Waals surface area contributed by atoms with Gasteiger partial charge in [0.2, 0.25) is 0 Å². The molecule has 0 radical (unpaired) electrons. The van der Waals surface area contributed by atoms with Gasteiger partial charge in [0.1, 0.15) is 0 Å². The molecule has 0 bridgehead atoms. The fourth-order valence-electron chi connectivity index (χ4n) is 2.07. The van der Waals surface area contributed by atoms with Crippen LogP contribution in [0.15, 0.2) is 24.3 Å². The molecule has 3 atom stereocenters. The maximum Gasteiger partial charge on any atom is 0.0440 e. The Labute approximate surface area is 107 Å². The second kappa shape index (κ2) is 5.44. The summed E-state index contributed by atoms with van der Waals surface area (Å²) in [5, 5.41) is 5.17. The van der Waals surface area contributed by atoms with Gasteiger partial charge >= 0.3 is 0 Å². The summed E-state index contributed by atoms with van der Waals surface area (Å²) in [6, 6.07) is 9.32. The molecule has 0 aromatic heterocycles. The molecule has 0 aliphatic carbocycles. The average Bonchev–Trinajstić information content (AvgIpc) is 2.31. The first-order chi connectivity index (χ1) is 7.70. The van der Waals surface area contributed by atoms with E-state index in [1.807, 2.05) is 12.1 Å². The second-order valence-corrected chi connectivity index (χ2v) is 6.19. The Kier molecular flexibility index (Phi) is 4.17. The molecule has 1 aliphatic heterocycles. The third-order valence-electron chi connectivity index (χ3n) is 3.17. The quantitative estimate of drug-likeness (QED) is 0.861. The Hall–Kier alpha value is -0.180. The summed E-state index contributed by atoms with van der Waals surface area (Å²) in [6.45, 7) is 4.54. The van der Waals surface area contributed by atoms with Crippen molar-refractivity contribution in [1.82, 2.24) is 5.32 Å². The summed E-state index contributed by atoms with van der Waals surface area (Å²) >= 11 is 7.98. The predicted octanol–water partition coefficient (Wildman–Crippen LogP) is 3.88. The molecule has 0 saturated carbocycles. The Balaban J connectivity index is 2.14. The van der Waals surface area contributed by atoms with Crippen LogP contribution in [0.1, 0.15) is 31.9 Å². The Bertz CT molecular complexity index is 338. The lowest BCUT2D eigenvalue weighted by Gasteiger charge is -2.35. The molecule has 1 saturated heterocycles. The number of hydrogen-bond donors (Lipinski definition) is 1. The third kappa shape index (κ3) is 2.73. The predicted molar refractivity (Wildman–Crippen MR) is 73.3 cm³/mol. The molecule has 1 fully saturated rings. The normalized spacial score (nSPS) is 30.3. The second-order valence-electron chi connectivity index (χ2n) is 4.34. The van der Waals surface area contributed by atoms with Gasteiger partial charge in [-0.15, -0.1) is 0 Å². The first-order valence-electron chi connectivity index (χ1n) is 5.84. The molecule has 3 unspecified atom stereocenters. The zero-order valence-corrected chi connectivity index (χ0v) is 11.3. The van der Waals surface area contributed by atoms with Crippen LogP contribution in [0.25, 0.3) is 0 Å². The summed E-state index contributed by atoms with van der Waals surface area (Å²) in [6.07, 6.45) is 1.20. The summed E-state index contributed by atoms with van der Waals surface area (Å²) < 4.78 is 0. The van der Waals surface area contributed by atoms with Crippen LogP contribution in [-0.2, 0) is 0 Å². The highest BCUT2D eigenvalue weighted by Crippen LogP contribution is 2.32. The summed E-state index contributed by atoms with van der Waals surface area (Å²) in [4.78, 5) is 0. The van der Waals surface area contributed by atoms with Gasteiger partial charge in [0, 0.05) is 28.1 Å². The van der Waals surface area contributed by atoms with Gasteiger partial charge in [-0.3, -0.25) is 0 Å². The average molecular weight is 256 g/mol. The Morgan fingerprint density at radius 3 is 2.69 bits per heavy atom. The molecule has 88 valence electrons. The Morgan fingerprint density at radius 1 is 1.38 bits per heavy atom. The van der Waals surface area contributed by atoms with E-state index >= 15 is 0 Å². The van der Waals surface area contributed by atoms with Crippen LogP contribution in [-0.4, -0.2) is 17.0 Å². The SMILES string of the molecule is CCC1CSC(C)C(c2ccc(Cl)cc2)N1. The molecule has 1 aromatic carbocycles. The number of benzene rings is 1. The number of hydrogen-bond acceptors (Lipinski definition) is 2. The highest BCUT2D eigenvalue weighted by Gasteiger charge is 2.27. The smallest absolute Gasteiger partial charge is 0.0440 e. The number of nitrogens with one attached hydrogen (secondary N) is 1. The van der Waals surface area contributed by atoms with Crippen molar-refractivity contribution in [3.63, 3.8) is 0 Å². The topological polar surface area (TPSA) is 12.0 Å². The van der Waals surface area contributed by atoms with Crippen molar-refractivity contribution in [2.45, 2.75) is 37.6 Å². The molecule has 16 heavy (non-hydrogen) atoms. The van der Waals surface area contributed by atoms with Gasteiger partial charge in [-0.1, -0.05) is 37.6 Å². The van der Waals surface area contributed by atoms with Crippen molar-refractivity contribution >= 4 is 23.4 Å². The summed E-state index contributed by atoms with van der Waals surface area (Å²) in [7, 11) is 0. The van der Waals surface area contributed by atoms with E-state index in [1.54, 1.807) is 0 Å². The molecule has 3 heteroatoms. The van der Waals surface area contributed by atoms with E-state index in [4.69, 9.17) is 11.6 Å². The molecule has 1 aliphatic rings. The molecule has 0 spiro atoms. The lowest BCUT2D eigenvalue weighted by molar-refractivity contribution is 0.432. The lowest BCUT2D eigenvalue weighted by Crippen LogP contribution is -2.43. The molecule has 1 heterocycles. The number of rotatable bonds is 2. The fraction of sp³-hybridized carbons (Fsp3) is 0.538. The standard InChI is InChI=1S/C13H18ClNS/c1-3-12-8-16-9(2)13(15-12)10-4-6-11(14)7-5-10/h4-7,9,12-13,15H,3,8H2,1-2H3. The monoisotopic (exact) mass is 255 g/mol. The first-order valence-corrected chi connectivity index (χ1v) is 7.26. The van der Waals surface area contributed by atoms with E-state index in [9.17, 15) is 0 Å². The van der Waals surface area contributed by atoms with Gasteiger partial charge in [0.05, 0.1) is 0 Å². The van der Waals surface area contributed by atoms with Crippen molar-refractivity contribution in [3.05, 3.63) is 34.9 Å². The fourth-order valence-corrected chi connectivity index (χ4v) is 3.50. The van der Waals surface area contributed by atoms with Crippen LogP contribution in [0.4, 0.5) is 0 Å². The maximum absolute atomic E-state index is 5.92. The van der Waals surface area contributed by atoms with Crippen LogP contribution >= 0.6 is 23.4 Å². The van der Waals surface area contributed by atoms with Crippen molar-refractivity contribution in [1.29, 1.82) is 0 Å². The minimum absolute atomic E-state index is 0.459. The highest BCUT2D eigenvalue weighted by molar-refractivity contribution is 8.00. The van der Waals surface area contributed by atoms with E-state index in [-0.39, 0.29) is 0 Å². The largest absolute Gasteiger partial charge is 0.305 e. The highest BCUT2D eigenvalue weighted by atomic mass is 35.5. The number of halogens is 1. The lowest BCUT2D eigenvalue weighted by atomic mass is 10.0. The molecule has 1 aromatic rings. The van der Waals surface area contributed by atoms with E-state index in [2.05, 4.69) is 43.1 Å². The van der Waals surface area contributed by atoms with Crippen LogP contribution in [0.5, 0.6) is 0 Å². The summed E-state index contributed by atoms with van der Waals surface area (Å²) in [5.74, 6) is 1.22. The van der Waals surface area contributed by atoms with Gasteiger partial charge < -0.3 is 5.32 Å². The van der Waals surface area contributed by atoms with Crippen molar-refractivity contribution in [3.8, 4) is 0 Å². The zero-order valence-electron chi connectivity index (χ0n) is 9.74. The van der Waals surface area contributed by atoms with Crippen molar-refractivity contribution in [2.24, 2.45) is 0 Å². The zero-order chi connectivity index (χ0) is 11.5. The molecular formula is C13H18ClNS. The van der Waals surface area contributed by atoms with Gasteiger partial charge in [-0.25, -0.2) is 0 Å². The van der Waals surface area contributed by atoms with E-state index in [1.165, 1.54) is 17.7 Å². The molecule has 1 N–H and O–H groups in total. The van der Waals surface area contributed by atoms with Gasteiger partial charge in [-0.05, 0) is 24.1 Å². The van der Waals surface area contributed by atoms with E-state index in [0.29, 0.717) is 17.3 Å². The van der Waals surface area contributed by atoms with Gasteiger partial charge in [0.15, 0.2) is 0 Å². The van der Waals surface area contributed by atoms with E-state index < -0.39 is 0 Å². The molecule has 0 amide bonds. The minimum Gasteiger partial charge on any atom is -0.305 e. The number of thioether (sulfide) groups is 1. The van der Waals surface area contributed by atoms with Crippen LogP contribution < -0.4 is 5.32 Å². The first kappa shape index (κ1) is 12.3. The summed E-state index contributed by atoms with van der Waals surface area (Å²) in [5.41, 5.74) is 1.35. The molecule has 1 nitrogen and oxygen atoms in total. The molecule has 2 rings (SSSR count). The van der Waals surface area contributed by atoms with E-state index in [0.717, 1.165) is 5.02 Å². The van der Waals surface area contributed by atoms with Crippen molar-refractivity contribution < 1.29 is 0 Å². The maximum atomic E-state index is 5.92. The van der Waals surface area contributed by atoms with Gasteiger partial charge in [0.25, 0.3) is 0 Å². The van der Waals surface area contributed by atoms with Gasteiger partial charge in [-0.2, -0.15) is 11.8 Å².